The van der Waals surface area contributed by atoms with Gasteiger partial charge >= 0.3 is 37.7 Å². The van der Waals surface area contributed by atoms with E-state index in [1.807, 2.05) is 36.4 Å². The minimum absolute atomic E-state index is 0. The van der Waals surface area contributed by atoms with Gasteiger partial charge in [-0.15, -0.1) is 0 Å². The molecule has 0 aliphatic rings. The third kappa shape index (κ3) is 36.8. The van der Waals surface area contributed by atoms with E-state index in [9.17, 15) is 25.9 Å². The Morgan fingerprint density at radius 3 is 0.635 bits per heavy atom. The Balaban J connectivity index is 0.000000573. The smallest absolute Gasteiger partial charge is 0.744 e. The van der Waals surface area contributed by atoms with Crippen molar-refractivity contribution in [1.29, 1.82) is 0 Å². The predicted molar refractivity (Wildman–Crippen MR) is 369 cm³/mol. The van der Waals surface area contributed by atoms with Crippen molar-refractivity contribution in [3.63, 3.8) is 0 Å². The van der Waals surface area contributed by atoms with Crippen LogP contribution in [0.4, 0.5) is 0 Å². The summed E-state index contributed by atoms with van der Waals surface area (Å²) in [4.78, 5) is -0.0732. The molecule has 4 rings (SSSR count). The van der Waals surface area contributed by atoms with Crippen molar-refractivity contribution in [2.24, 2.45) is 0 Å². The van der Waals surface area contributed by atoms with Crippen molar-refractivity contribution in [2.45, 2.75) is 371 Å². The van der Waals surface area contributed by atoms with Gasteiger partial charge in [0.05, 0.1) is 9.79 Å². The minimum atomic E-state index is -4.52. The fourth-order valence-electron chi connectivity index (χ4n) is 13.0. The summed E-state index contributed by atoms with van der Waals surface area (Å²) in [5.41, 5.74) is 4.71. The first-order chi connectivity index (χ1) is 41.0. The summed E-state index contributed by atoms with van der Waals surface area (Å²) in [5, 5.41) is 3.12. The topological polar surface area (TPSA) is 114 Å². The molecule has 0 fully saturated rings. The first-order valence-corrected chi connectivity index (χ1v) is 38.8. The van der Waals surface area contributed by atoms with Gasteiger partial charge in [-0.05, 0) is 107 Å². The van der Waals surface area contributed by atoms with Crippen molar-refractivity contribution in [1.82, 2.24) is 0 Å². The molecular weight excluding hydrogens is 1110 g/mol. The Bertz CT molecular complexity index is 2300. The zero-order valence-corrected chi connectivity index (χ0v) is 59.4. The number of unbranched alkanes of at least 4 members (excludes halogenated alkanes) is 44. The largest absolute Gasteiger partial charge is 2.00 e. The Hall–Kier alpha value is -1.52. The van der Waals surface area contributed by atoms with Gasteiger partial charge in [0.2, 0.25) is 0 Å². The van der Waals surface area contributed by atoms with Gasteiger partial charge in [-0.2, -0.15) is 0 Å². The van der Waals surface area contributed by atoms with E-state index in [0.29, 0.717) is 10.8 Å². The van der Waals surface area contributed by atoms with E-state index in [0.717, 1.165) is 73.3 Å². The van der Waals surface area contributed by atoms with Crippen LogP contribution in [0.25, 0.3) is 21.5 Å². The van der Waals surface area contributed by atoms with Crippen LogP contribution in [0, 0.1) is 0 Å². The van der Waals surface area contributed by atoms with Crippen LogP contribution < -0.4 is 0 Å². The monoisotopic (exact) mass is 1240 g/mol. The van der Waals surface area contributed by atoms with Gasteiger partial charge in [0.1, 0.15) is 20.2 Å². The van der Waals surface area contributed by atoms with Gasteiger partial charge in [-0.1, -0.05) is 359 Å². The van der Waals surface area contributed by atoms with E-state index < -0.39 is 20.2 Å². The van der Waals surface area contributed by atoms with Gasteiger partial charge in [0, 0.05) is 0 Å². The van der Waals surface area contributed by atoms with Crippen molar-refractivity contribution in [3.05, 3.63) is 82.9 Å². The van der Waals surface area contributed by atoms with E-state index in [1.165, 1.54) is 294 Å². The van der Waals surface area contributed by atoms with Crippen molar-refractivity contribution < 1.29 is 25.9 Å². The number of hydrogen-bond acceptors (Lipinski definition) is 6. The molecule has 0 aliphatic heterocycles. The van der Waals surface area contributed by atoms with E-state index in [1.54, 1.807) is 24.3 Å². The zero-order chi connectivity index (χ0) is 60.6. The second-order valence-electron chi connectivity index (χ2n) is 25.6. The molecule has 0 bridgehead atoms. The van der Waals surface area contributed by atoms with E-state index in [2.05, 4.69) is 27.7 Å². The summed E-state index contributed by atoms with van der Waals surface area (Å²) in [6.07, 6.45) is 66.8. The average Bonchev–Trinajstić information content (AvgIpc) is 3.34. The molecule has 4 aromatic rings. The maximum atomic E-state index is 12.2. The van der Waals surface area contributed by atoms with E-state index >= 15 is 0 Å². The molecular formula is C76H126CaO6S2. The first-order valence-electron chi connectivity index (χ1n) is 36.0. The fourth-order valence-corrected chi connectivity index (χ4v) is 14.4. The Morgan fingerprint density at radius 1 is 0.259 bits per heavy atom. The summed E-state index contributed by atoms with van der Waals surface area (Å²) in [7, 11) is -9.04. The first kappa shape index (κ1) is 79.6. The van der Waals surface area contributed by atoms with E-state index in [-0.39, 0.29) is 47.5 Å². The van der Waals surface area contributed by atoms with Gasteiger partial charge in [-0.25, -0.2) is 16.8 Å². The maximum Gasteiger partial charge on any atom is 2.00 e. The third-order valence-electron chi connectivity index (χ3n) is 18.1. The molecule has 0 aromatic heterocycles. The van der Waals surface area contributed by atoms with Gasteiger partial charge in [-0.3, -0.25) is 0 Å². The molecule has 0 saturated heterocycles. The van der Waals surface area contributed by atoms with Crippen LogP contribution in [0.15, 0.2) is 70.5 Å². The second kappa shape index (κ2) is 52.1. The van der Waals surface area contributed by atoms with Crippen LogP contribution in [0.2, 0.25) is 0 Å². The van der Waals surface area contributed by atoms with Crippen molar-refractivity contribution in [2.75, 3.05) is 0 Å². The summed E-state index contributed by atoms with van der Waals surface area (Å²) >= 11 is 0. The number of fused-ring (bicyclic) bond motifs is 2. The Labute approximate surface area is 555 Å². The van der Waals surface area contributed by atoms with Gasteiger partial charge in [0.25, 0.3) is 0 Å². The van der Waals surface area contributed by atoms with Crippen LogP contribution in [0.1, 0.15) is 358 Å². The fraction of sp³-hybridized carbons (Fsp3) is 0.737. The third-order valence-corrected chi connectivity index (χ3v) is 19.9. The number of hydrogen-bond donors (Lipinski definition) is 0. The number of rotatable bonds is 54. The second-order valence-corrected chi connectivity index (χ2v) is 28.3. The molecule has 85 heavy (non-hydrogen) atoms. The molecule has 4 aromatic carbocycles. The quantitative estimate of drug-likeness (QED) is 0.0247. The number of aryl methyl sites for hydroxylation is 4. The SMILES string of the molecule is CCCCCCCCCCCCCCc1cc(S(=O)(=O)[O-])c2ccccc2c1CCCCCCCCCCCCCC.CCCCCCCCCCCCCCc1cc(S(=O)(=O)[O-])c2ccccc2c1CCCCCCCCCCCCCC.[Ca+2]. The maximum absolute atomic E-state index is 12.2. The Morgan fingerprint density at radius 2 is 0.435 bits per heavy atom. The van der Waals surface area contributed by atoms with Gasteiger partial charge < -0.3 is 9.11 Å². The minimum Gasteiger partial charge on any atom is -0.744 e. The molecule has 0 heterocycles. The van der Waals surface area contributed by atoms with Crippen molar-refractivity contribution >= 4 is 79.5 Å². The summed E-state index contributed by atoms with van der Waals surface area (Å²) < 4.78 is 73.2. The van der Waals surface area contributed by atoms with E-state index in [4.69, 9.17) is 0 Å². The molecule has 9 heteroatoms. The van der Waals surface area contributed by atoms with Crippen LogP contribution in [-0.4, -0.2) is 63.7 Å². The molecule has 480 valence electrons. The van der Waals surface area contributed by atoms with Gasteiger partial charge in [0.15, 0.2) is 0 Å². The van der Waals surface area contributed by atoms with Crippen LogP contribution >= 0.6 is 0 Å². The van der Waals surface area contributed by atoms with Crippen molar-refractivity contribution in [3.8, 4) is 0 Å². The molecule has 0 N–H and O–H groups in total. The van der Waals surface area contributed by atoms with Crippen LogP contribution in [0.5, 0.6) is 0 Å². The number of benzene rings is 4. The molecule has 0 radical (unpaired) electrons. The predicted octanol–water partition coefficient (Wildman–Crippen LogP) is 24.1. The molecule has 0 spiro atoms. The zero-order valence-electron chi connectivity index (χ0n) is 55.5. The Kier molecular flexibility index (Phi) is 48.8. The molecule has 0 atom stereocenters. The van der Waals surface area contributed by atoms with Crippen LogP contribution in [-0.2, 0) is 45.9 Å². The molecule has 0 aliphatic carbocycles. The van der Waals surface area contributed by atoms with Crippen LogP contribution in [0.3, 0.4) is 0 Å². The summed E-state index contributed by atoms with van der Waals surface area (Å²) in [6, 6.07) is 18.7. The normalized spacial score (nSPS) is 11.8. The molecule has 0 amide bonds. The molecule has 0 unspecified atom stereocenters. The molecule has 6 nitrogen and oxygen atoms in total. The molecule has 0 saturated carbocycles. The average molecular weight is 1240 g/mol. The summed E-state index contributed by atoms with van der Waals surface area (Å²) in [6.45, 7) is 9.08. The standard InChI is InChI=1S/2C38H64O3S.Ca/c2*1-3-5-7-9-11-13-15-17-19-21-23-25-29-34-33-38(42(39,40)41)37-32-28-27-31-36(37)35(34)30-26-24-22-20-18-16-14-12-10-8-6-4-2;/h2*27-28,31-33H,3-26,29-30H2,1-2H3,(H,39,40,41);/q;;+2/p-2. The summed E-state index contributed by atoms with van der Waals surface area (Å²) in [5.74, 6) is 0.